The molecule has 0 aliphatic carbocycles. The molecule has 5 nitrogen and oxygen atoms in total. The van der Waals surface area contributed by atoms with Crippen LogP contribution in [0.1, 0.15) is 49.8 Å². The Bertz CT molecular complexity index is 743. The van der Waals surface area contributed by atoms with E-state index in [4.69, 9.17) is 4.74 Å². The summed E-state index contributed by atoms with van der Waals surface area (Å²) in [6, 6.07) is 14.2. The predicted octanol–water partition coefficient (Wildman–Crippen LogP) is 3.75. The average molecular weight is 382 g/mol. The van der Waals surface area contributed by atoms with E-state index < -0.39 is 0 Å². The van der Waals surface area contributed by atoms with E-state index >= 15 is 0 Å². The van der Waals surface area contributed by atoms with E-state index in [1.54, 1.807) is 13.3 Å². The highest BCUT2D eigenvalue weighted by molar-refractivity contribution is 5.77. The molecule has 1 N–H and O–H groups in total. The molecule has 3 rings (SSSR count). The lowest BCUT2D eigenvalue weighted by atomic mass is 9.96. The zero-order valence-electron chi connectivity index (χ0n) is 16.9. The molecule has 2 aromatic rings. The minimum absolute atomic E-state index is 0.137. The van der Waals surface area contributed by atoms with Crippen LogP contribution in [0.5, 0.6) is 5.75 Å². The number of hydrogen-bond donors (Lipinski definition) is 1. The van der Waals surface area contributed by atoms with Crippen LogP contribution in [-0.4, -0.2) is 42.0 Å². The Morgan fingerprint density at radius 3 is 2.93 bits per heavy atom. The normalized spacial score (nSPS) is 18.1. The Morgan fingerprint density at radius 1 is 1.25 bits per heavy atom. The fourth-order valence-electron chi connectivity index (χ4n) is 3.84. The average Bonchev–Trinajstić information content (AvgIpc) is 3.02. The molecule has 0 bridgehead atoms. The first-order valence-corrected chi connectivity index (χ1v) is 10.2. The van der Waals surface area contributed by atoms with Gasteiger partial charge in [-0.2, -0.15) is 0 Å². The number of aromatic nitrogens is 1. The zero-order chi connectivity index (χ0) is 19.8. The second-order valence-corrected chi connectivity index (χ2v) is 7.56. The molecule has 1 fully saturated rings. The maximum Gasteiger partial charge on any atom is 0.223 e. The number of rotatable bonds is 7. The van der Waals surface area contributed by atoms with Crippen molar-refractivity contribution in [2.75, 3.05) is 20.2 Å². The van der Waals surface area contributed by atoms with Gasteiger partial charge in [-0.1, -0.05) is 25.1 Å². The predicted molar refractivity (Wildman–Crippen MR) is 111 cm³/mol. The summed E-state index contributed by atoms with van der Waals surface area (Å²) in [4.78, 5) is 19.9. The second kappa shape index (κ2) is 10.2. The van der Waals surface area contributed by atoms with Gasteiger partial charge in [-0.05, 0) is 68.1 Å². The minimum Gasteiger partial charge on any atom is -0.497 e. The molecule has 2 unspecified atom stereocenters. The van der Waals surface area contributed by atoms with Gasteiger partial charge >= 0.3 is 0 Å². The van der Waals surface area contributed by atoms with Crippen molar-refractivity contribution in [2.45, 2.75) is 51.1 Å². The fourth-order valence-corrected chi connectivity index (χ4v) is 3.84. The molecular formula is C23H31N3O2. The van der Waals surface area contributed by atoms with Gasteiger partial charge in [0.25, 0.3) is 0 Å². The number of nitrogens with one attached hydrogen (secondary N) is 1. The van der Waals surface area contributed by atoms with Crippen LogP contribution in [0.2, 0.25) is 0 Å². The van der Waals surface area contributed by atoms with Crippen LogP contribution in [0.15, 0.2) is 48.7 Å². The van der Waals surface area contributed by atoms with Gasteiger partial charge in [-0.15, -0.1) is 0 Å². The second-order valence-electron chi connectivity index (χ2n) is 7.56. The number of amides is 1. The first kappa shape index (κ1) is 20.3. The summed E-state index contributed by atoms with van der Waals surface area (Å²) in [6.07, 6.45) is 5.42. The van der Waals surface area contributed by atoms with Gasteiger partial charge in [0, 0.05) is 18.7 Å². The Morgan fingerprint density at radius 2 is 2.14 bits per heavy atom. The number of benzene rings is 1. The van der Waals surface area contributed by atoms with Gasteiger partial charge in [-0.3, -0.25) is 9.78 Å². The topological polar surface area (TPSA) is 54.5 Å². The number of hydrogen-bond acceptors (Lipinski definition) is 4. The molecule has 1 aliphatic heterocycles. The highest BCUT2D eigenvalue weighted by Crippen LogP contribution is 2.26. The summed E-state index contributed by atoms with van der Waals surface area (Å²) >= 11 is 0. The number of nitrogens with zero attached hydrogens (tertiary/aromatic N) is 2. The monoisotopic (exact) mass is 381 g/mol. The number of ether oxygens (including phenoxy) is 1. The molecule has 1 aromatic carbocycles. The first-order chi connectivity index (χ1) is 13.7. The highest BCUT2D eigenvalue weighted by atomic mass is 16.5. The van der Waals surface area contributed by atoms with Crippen molar-refractivity contribution >= 4 is 5.91 Å². The quantitative estimate of drug-likeness (QED) is 0.794. The van der Waals surface area contributed by atoms with E-state index in [0.717, 1.165) is 49.4 Å². The molecule has 150 valence electrons. The smallest absolute Gasteiger partial charge is 0.223 e. The van der Waals surface area contributed by atoms with Crippen molar-refractivity contribution in [3.8, 4) is 5.75 Å². The largest absolute Gasteiger partial charge is 0.497 e. The van der Waals surface area contributed by atoms with Gasteiger partial charge < -0.3 is 15.0 Å². The van der Waals surface area contributed by atoms with E-state index in [-0.39, 0.29) is 17.9 Å². The summed E-state index contributed by atoms with van der Waals surface area (Å²) in [5.41, 5.74) is 2.08. The third-order valence-electron chi connectivity index (χ3n) is 5.51. The number of pyridine rings is 1. The minimum atomic E-state index is 0.137. The third kappa shape index (κ3) is 5.55. The summed E-state index contributed by atoms with van der Waals surface area (Å²) < 4.78 is 5.33. The zero-order valence-corrected chi connectivity index (χ0v) is 16.9. The van der Waals surface area contributed by atoms with Crippen molar-refractivity contribution < 1.29 is 9.53 Å². The summed E-state index contributed by atoms with van der Waals surface area (Å²) in [6.45, 7) is 4.68. The molecule has 1 saturated heterocycles. The molecule has 0 saturated carbocycles. The van der Waals surface area contributed by atoms with Crippen LogP contribution in [0, 0.1) is 0 Å². The van der Waals surface area contributed by atoms with Gasteiger partial charge in [0.15, 0.2) is 0 Å². The SMILES string of the molecule is COc1cccc(C(C)CC(=O)N(Cc2ccccn2)C2CCCNCC2)c1. The Hall–Kier alpha value is -2.40. The molecule has 2 atom stereocenters. The third-order valence-corrected chi connectivity index (χ3v) is 5.51. The van der Waals surface area contributed by atoms with E-state index in [9.17, 15) is 4.79 Å². The van der Waals surface area contributed by atoms with E-state index in [1.165, 1.54) is 0 Å². The highest BCUT2D eigenvalue weighted by Gasteiger charge is 2.26. The van der Waals surface area contributed by atoms with Crippen molar-refractivity contribution in [1.29, 1.82) is 0 Å². The van der Waals surface area contributed by atoms with Crippen molar-refractivity contribution in [3.63, 3.8) is 0 Å². The number of carbonyl (C=O) groups excluding carboxylic acids is 1. The Kier molecular flexibility index (Phi) is 7.43. The van der Waals surface area contributed by atoms with Crippen LogP contribution >= 0.6 is 0 Å². The molecule has 0 radical (unpaired) electrons. The fraction of sp³-hybridized carbons (Fsp3) is 0.478. The van der Waals surface area contributed by atoms with Crippen LogP contribution in [-0.2, 0) is 11.3 Å². The van der Waals surface area contributed by atoms with Crippen molar-refractivity contribution in [1.82, 2.24) is 15.2 Å². The molecular weight excluding hydrogens is 350 g/mol. The molecule has 2 heterocycles. The van der Waals surface area contributed by atoms with E-state index in [0.29, 0.717) is 13.0 Å². The molecule has 5 heteroatoms. The Balaban J connectivity index is 1.74. The van der Waals surface area contributed by atoms with E-state index in [2.05, 4.69) is 28.2 Å². The lowest BCUT2D eigenvalue weighted by Crippen LogP contribution is -2.41. The number of carbonyl (C=O) groups is 1. The van der Waals surface area contributed by atoms with Crippen LogP contribution < -0.4 is 10.1 Å². The standard InChI is InChI=1S/C23H31N3O2/c1-18(19-7-5-10-22(16-19)28-2)15-23(27)26(17-20-8-3-4-13-25-20)21-9-6-12-24-14-11-21/h3-5,7-8,10,13,16,18,21,24H,6,9,11-12,14-15,17H2,1-2H3. The van der Waals surface area contributed by atoms with Crippen LogP contribution in [0.4, 0.5) is 0 Å². The van der Waals surface area contributed by atoms with Gasteiger partial charge in [-0.25, -0.2) is 0 Å². The lowest BCUT2D eigenvalue weighted by Gasteiger charge is -2.32. The molecule has 1 aliphatic rings. The van der Waals surface area contributed by atoms with Gasteiger partial charge in [0.2, 0.25) is 5.91 Å². The summed E-state index contributed by atoms with van der Waals surface area (Å²) in [7, 11) is 1.67. The molecule has 1 aromatic heterocycles. The maximum atomic E-state index is 13.3. The van der Waals surface area contributed by atoms with Gasteiger partial charge in [0.05, 0.1) is 19.3 Å². The number of methoxy groups -OCH3 is 1. The lowest BCUT2D eigenvalue weighted by molar-refractivity contribution is -0.135. The molecule has 0 spiro atoms. The maximum absolute atomic E-state index is 13.3. The van der Waals surface area contributed by atoms with Crippen molar-refractivity contribution in [2.24, 2.45) is 0 Å². The summed E-state index contributed by atoms with van der Waals surface area (Å²) in [5, 5.41) is 3.45. The van der Waals surface area contributed by atoms with E-state index in [1.807, 2.05) is 36.4 Å². The first-order valence-electron chi connectivity index (χ1n) is 10.2. The molecule has 1 amide bonds. The van der Waals surface area contributed by atoms with Crippen molar-refractivity contribution in [3.05, 3.63) is 59.9 Å². The van der Waals surface area contributed by atoms with Gasteiger partial charge in [0.1, 0.15) is 5.75 Å². The van der Waals surface area contributed by atoms with Crippen LogP contribution in [0.25, 0.3) is 0 Å². The Labute approximate surface area is 168 Å². The molecule has 28 heavy (non-hydrogen) atoms. The van der Waals surface area contributed by atoms with Crippen LogP contribution in [0.3, 0.4) is 0 Å². The summed E-state index contributed by atoms with van der Waals surface area (Å²) in [5.74, 6) is 1.17.